The highest BCUT2D eigenvalue weighted by molar-refractivity contribution is 6.05. The van der Waals surface area contributed by atoms with Gasteiger partial charge in [-0.1, -0.05) is 6.07 Å². The van der Waals surface area contributed by atoms with Gasteiger partial charge >= 0.3 is 0 Å². The fourth-order valence-electron chi connectivity index (χ4n) is 1.87. The molecule has 0 radical (unpaired) electrons. The molecule has 2 aromatic carbocycles. The van der Waals surface area contributed by atoms with Crippen LogP contribution in [-0.2, 0) is 0 Å². The first-order valence-corrected chi connectivity index (χ1v) is 6.01. The zero-order valence-corrected chi connectivity index (χ0v) is 11.1. The molecule has 0 aliphatic heterocycles. The quantitative estimate of drug-likeness (QED) is 0.826. The molecule has 0 fully saturated rings. The number of aryl methyl sites for hydroxylation is 2. The fourth-order valence-corrected chi connectivity index (χ4v) is 1.87. The van der Waals surface area contributed by atoms with E-state index in [9.17, 15) is 13.6 Å². The molecule has 0 bridgehead atoms. The van der Waals surface area contributed by atoms with Crippen molar-refractivity contribution in [3.05, 3.63) is 58.7 Å². The van der Waals surface area contributed by atoms with Crippen LogP contribution in [0.15, 0.2) is 30.3 Å². The van der Waals surface area contributed by atoms with E-state index in [4.69, 9.17) is 5.73 Å². The average molecular weight is 276 g/mol. The first kappa shape index (κ1) is 14.0. The van der Waals surface area contributed by atoms with Crippen LogP contribution in [-0.4, -0.2) is 5.91 Å². The van der Waals surface area contributed by atoms with E-state index in [0.29, 0.717) is 17.4 Å². The van der Waals surface area contributed by atoms with Gasteiger partial charge in [-0.25, -0.2) is 8.78 Å². The molecule has 0 aromatic heterocycles. The van der Waals surface area contributed by atoms with Gasteiger partial charge in [-0.3, -0.25) is 4.79 Å². The van der Waals surface area contributed by atoms with Crippen LogP contribution in [0.2, 0.25) is 0 Å². The molecule has 0 saturated heterocycles. The van der Waals surface area contributed by atoms with E-state index in [-0.39, 0.29) is 5.56 Å². The Kier molecular flexibility index (Phi) is 3.70. The zero-order chi connectivity index (χ0) is 14.9. The van der Waals surface area contributed by atoms with Crippen molar-refractivity contribution in [3.8, 4) is 0 Å². The SMILES string of the molecule is Cc1cc(C)c(NC(=O)c2ccc(F)cc2F)cc1N. The van der Waals surface area contributed by atoms with Crippen LogP contribution in [0, 0.1) is 25.5 Å². The average Bonchev–Trinajstić information content (AvgIpc) is 2.35. The van der Waals surface area contributed by atoms with Gasteiger partial charge in [0.15, 0.2) is 0 Å². The molecular formula is C15H14F2N2O. The van der Waals surface area contributed by atoms with E-state index < -0.39 is 17.5 Å². The van der Waals surface area contributed by atoms with Gasteiger partial charge in [0.25, 0.3) is 5.91 Å². The second-order valence-corrected chi connectivity index (χ2v) is 4.60. The second-order valence-electron chi connectivity index (χ2n) is 4.60. The zero-order valence-electron chi connectivity index (χ0n) is 11.1. The van der Waals surface area contributed by atoms with Crippen LogP contribution in [0.25, 0.3) is 0 Å². The highest BCUT2D eigenvalue weighted by atomic mass is 19.1. The first-order chi connectivity index (χ1) is 9.38. The molecule has 5 heteroatoms. The summed E-state index contributed by atoms with van der Waals surface area (Å²) < 4.78 is 26.3. The molecule has 0 unspecified atom stereocenters. The minimum atomic E-state index is -0.903. The molecule has 0 saturated carbocycles. The molecule has 0 aliphatic rings. The van der Waals surface area contributed by atoms with Crippen LogP contribution in [0.3, 0.4) is 0 Å². The van der Waals surface area contributed by atoms with Crippen LogP contribution in [0.1, 0.15) is 21.5 Å². The summed E-state index contributed by atoms with van der Waals surface area (Å²) in [5.74, 6) is -2.27. The van der Waals surface area contributed by atoms with Gasteiger partial charge < -0.3 is 11.1 Å². The number of halogens is 2. The number of nitrogens with one attached hydrogen (secondary N) is 1. The third kappa shape index (κ3) is 2.77. The van der Waals surface area contributed by atoms with E-state index in [2.05, 4.69) is 5.32 Å². The largest absolute Gasteiger partial charge is 0.398 e. The summed E-state index contributed by atoms with van der Waals surface area (Å²) in [6, 6.07) is 6.25. The smallest absolute Gasteiger partial charge is 0.258 e. The van der Waals surface area contributed by atoms with E-state index in [1.54, 1.807) is 6.07 Å². The van der Waals surface area contributed by atoms with Gasteiger partial charge in [-0.15, -0.1) is 0 Å². The van der Waals surface area contributed by atoms with Gasteiger partial charge in [0.1, 0.15) is 11.6 Å². The standard InChI is InChI=1S/C15H14F2N2O/c1-8-5-9(2)14(7-13(8)18)19-15(20)11-4-3-10(16)6-12(11)17/h3-7H,18H2,1-2H3,(H,19,20). The Balaban J connectivity index is 2.30. The van der Waals surface area contributed by atoms with Gasteiger partial charge in [-0.05, 0) is 43.2 Å². The minimum absolute atomic E-state index is 0.218. The maximum Gasteiger partial charge on any atom is 0.258 e. The Morgan fingerprint density at radius 1 is 1.10 bits per heavy atom. The Morgan fingerprint density at radius 2 is 1.80 bits per heavy atom. The normalized spacial score (nSPS) is 10.4. The van der Waals surface area contributed by atoms with Crippen molar-refractivity contribution in [2.45, 2.75) is 13.8 Å². The van der Waals surface area contributed by atoms with E-state index in [0.717, 1.165) is 23.3 Å². The Bertz CT molecular complexity index is 684. The number of carbonyl (C=O) groups is 1. The number of carbonyl (C=O) groups excluding carboxylic acids is 1. The molecule has 0 spiro atoms. The molecular weight excluding hydrogens is 262 g/mol. The lowest BCUT2D eigenvalue weighted by Crippen LogP contribution is -2.15. The Hall–Kier alpha value is -2.43. The highest BCUT2D eigenvalue weighted by Gasteiger charge is 2.14. The number of anilines is 2. The third-order valence-electron chi connectivity index (χ3n) is 3.04. The molecule has 0 heterocycles. The van der Waals surface area contributed by atoms with Gasteiger partial charge in [-0.2, -0.15) is 0 Å². The number of benzene rings is 2. The predicted octanol–water partition coefficient (Wildman–Crippen LogP) is 3.42. The second kappa shape index (κ2) is 5.28. The number of rotatable bonds is 2. The molecule has 3 nitrogen and oxygen atoms in total. The number of nitrogen functional groups attached to an aromatic ring is 1. The summed E-state index contributed by atoms with van der Waals surface area (Å²) in [6.07, 6.45) is 0. The van der Waals surface area contributed by atoms with Crippen LogP contribution in [0.4, 0.5) is 20.2 Å². The number of amides is 1. The lowest BCUT2D eigenvalue weighted by atomic mass is 10.1. The molecule has 20 heavy (non-hydrogen) atoms. The monoisotopic (exact) mass is 276 g/mol. The molecule has 1 amide bonds. The number of hydrogen-bond donors (Lipinski definition) is 2. The Morgan fingerprint density at radius 3 is 2.45 bits per heavy atom. The van der Waals surface area contributed by atoms with Crippen LogP contribution < -0.4 is 11.1 Å². The van der Waals surface area contributed by atoms with Crippen molar-refractivity contribution in [3.63, 3.8) is 0 Å². The lowest BCUT2D eigenvalue weighted by molar-refractivity contribution is 0.102. The van der Waals surface area contributed by atoms with Crippen molar-refractivity contribution >= 4 is 17.3 Å². The van der Waals surface area contributed by atoms with E-state index in [1.165, 1.54) is 0 Å². The summed E-state index contributed by atoms with van der Waals surface area (Å²) in [6.45, 7) is 3.66. The Labute approximate surface area is 115 Å². The molecule has 3 N–H and O–H groups in total. The van der Waals surface area contributed by atoms with Crippen LogP contribution in [0.5, 0.6) is 0 Å². The van der Waals surface area contributed by atoms with Crippen molar-refractivity contribution in [1.82, 2.24) is 0 Å². The maximum atomic E-state index is 13.5. The maximum absolute atomic E-state index is 13.5. The van der Waals surface area contributed by atoms with Crippen molar-refractivity contribution < 1.29 is 13.6 Å². The molecule has 104 valence electrons. The molecule has 0 atom stereocenters. The van der Waals surface area contributed by atoms with Crippen molar-refractivity contribution in [2.75, 3.05) is 11.1 Å². The van der Waals surface area contributed by atoms with E-state index >= 15 is 0 Å². The lowest BCUT2D eigenvalue weighted by Gasteiger charge is -2.11. The van der Waals surface area contributed by atoms with Crippen molar-refractivity contribution in [2.24, 2.45) is 0 Å². The van der Waals surface area contributed by atoms with Crippen molar-refractivity contribution in [1.29, 1.82) is 0 Å². The molecule has 2 rings (SSSR count). The van der Waals surface area contributed by atoms with Gasteiger partial charge in [0.05, 0.1) is 5.56 Å². The fraction of sp³-hybridized carbons (Fsp3) is 0.133. The van der Waals surface area contributed by atoms with E-state index in [1.807, 2.05) is 19.9 Å². The summed E-state index contributed by atoms with van der Waals surface area (Å²) in [7, 11) is 0. The van der Waals surface area contributed by atoms with Gasteiger partial charge in [0, 0.05) is 17.4 Å². The summed E-state index contributed by atoms with van der Waals surface area (Å²) in [4.78, 5) is 12.0. The third-order valence-corrected chi connectivity index (χ3v) is 3.04. The topological polar surface area (TPSA) is 55.1 Å². The van der Waals surface area contributed by atoms with Crippen LogP contribution >= 0.6 is 0 Å². The van der Waals surface area contributed by atoms with Gasteiger partial charge in [0.2, 0.25) is 0 Å². The molecule has 2 aromatic rings. The first-order valence-electron chi connectivity index (χ1n) is 6.01. The summed E-state index contributed by atoms with van der Waals surface area (Å²) in [5.41, 5.74) is 8.30. The summed E-state index contributed by atoms with van der Waals surface area (Å²) >= 11 is 0. The highest BCUT2D eigenvalue weighted by Crippen LogP contribution is 2.23. The number of hydrogen-bond acceptors (Lipinski definition) is 2. The number of nitrogens with two attached hydrogens (primary N) is 1. The predicted molar refractivity (Wildman–Crippen MR) is 74.6 cm³/mol. The molecule has 0 aliphatic carbocycles. The minimum Gasteiger partial charge on any atom is -0.398 e. The summed E-state index contributed by atoms with van der Waals surface area (Å²) in [5, 5.41) is 2.57.